The molecule has 0 aliphatic carbocycles. The summed E-state index contributed by atoms with van der Waals surface area (Å²) < 4.78 is 0. The van der Waals surface area contributed by atoms with Crippen LogP contribution in [0.4, 0.5) is 0 Å². The van der Waals surface area contributed by atoms with Gasteiger partial charge in [0.05, 0.1) is 17.0 Å². The largest absolute Gasteiger partial charge is 0.335 e. The Balaban J connectivity index is 3.08. The second kappa shape index (κ2) is 4.79. The molecule has 0 aliphatic rings. The molecule has 0 saturated heterocycles. The normalized spacial score (nSPS) is 11.4. The van der Waals surface area contributed by atoms with Crippen molar-refractivity contribution in [2.24, 2.45) is 5.73 Å². The third-order valence-electron chi connectivity index (χ3n) is 3.04. The van der Waals surface area contributed by atoms with Crippen molar-refractivity contribution in [2.45, 2.75) is 33.2 Å². The molecule has 5 heteroatoms. The summed E-state index contributed by atoms with van der Waals surface area (Å²) in [6.45, 7) is 7.87. The van der Waals surface area contributed by atoms with Gasteiger partial charge >= 0.3 is 0 Å². The third-order valence-corrected chi connectivity index (χ3v) is 3.04. The highest BCUT2D eigenvalue weighted by atomic mass is 16.2. The van der Waals surface area contributed by atoms with Gasteiger partial charge in [0, 0.05) is 19.1 Å². The highest BCUT2D eigenvalue weighted by Gasteiger charge is 2.28. The second-order valence-corrected chi connectivity index (χ2v) is 4.87. The molecule has 2 N–H and O–H groups in total. The van der Waals surface area contributed by atoms with E-state index < -0.39 is 0 Å². The first kappa shape index (κ1) is 13.6. The molecule has 1 aromatic heterocycles. The predicted molar refractivity (Wildman–Crippen MR) is 66.7 cm³/mol. The number of nitrogens with zero attached hydrogens (tertiary/aromatic N) is 3. The Hall–Kier alpha value is -1.49. The summed E-state index contributed by atoms with van der Waals surface area (Å²) in [5, 5.41) is 7.88. The molecule has 0 unspecified atom stereocenters. The SMILES string of the molecule is Cc1cc(C(=O)N(C)C(C)(C)CN)c(C)nn1. The van der Waals surface area contributed by atoms with Gasteiger partial charge in [0.1, 0.15) is 0 Å². The number of aryl methyl sites for hydroxylation is 2. The average Bonchev–Trinajstić information content (AvgIpc) is 2.30. The summed E-state index contributed by atoms with van der Waals surface area (Å²) in [6, 6.07) is 1.76. The molecule has 1 rings (SSSR count). The first-order valence-corrected chi connectivity index (χ1v) is 5.58. The number of hydrogen-bond donors (Lipinski definition) is 1. The molecule has 17 heavy (non-hydrogen) atoms. The van der Waals surface area contributed by atoms with Gasteiger partial charge in [-0.2, -0.15) is 10.2 Å². The van der Waals surface area contributed by atoms with Crippen LogP contribution in [0.25, 0.3) is 0 Å². The lowest BCUT2D eigenvalue weighted by Gasteiger charge is -2.34. The van der Waals surface area contributed by atoms with E-state index in [2.05, 4.69) is 10.2 Å². The molecule has 0 radical (unpaired) electrons. The molecule has 0 spiro atoms. The molecular weight excluding hydrogens is 216 g/mol. The lowest BCUT2D eigenvalue weighted by atomic mass is 10.0. The van der Waals surface area contributed by atoms with Crippen LogP contribution in [0.1, 0.15) is 35.6 Å². The zero-order valence-electron chi connectivity index (χ0n) is 11.1. The third kappa shape index (κ3) is 2.79. The van der Waals surface area contributed by atoms with E-state index in [9.17, 15) is 4.79 Å². The number of carbonyl (C=O) groups is 1. The minimum absolute atomic E-state index is 0.0732. The van der Waals surface area contributed by atoms with Gasteiger partial charge in [-0.1, -0.05) is 0 Å². The van der Waals surface area contributed by atoms with Gasteiger partial charge < -0.3 is 10.6 Å². The van der Waals surface area contributed by atoms with Gasteiger partial charge in [0.2, 0.25) is 0 Å². The van der Waals surface area contributed by atoms with Crippen LogP contribution in [-0.4, -0.2) is 40.1 Å². The minimum Gasteiger partial charge on any atom is -0.335 e. The summed E-state index contributed by atoms with van der Waals surface area (Å²) in [7, 11) is 1.75. The van der Waals surface area contributed by atoms with E-state index in [4.69, 9.17) is 5.73 Å². The van der Waals surface area contributed by atoms with Crippen LogP contribution >= 0.6 is 0 Å². The molecule has 0 aliphatic heterocycles. The second-order valence-electron chi connectivity index (χ2n) is 4.87. The van der Waals surface area contributed by atoms with E-state index in [1.165, 1.54) is 0 Å². The maximum absolute atomic E-state index is 12.3. The number of hydrogen-bond acceptors (Lipinski definition) is 4. The summed E-state index contributed by atoms with van der Waals surface area (Å²) in [4.78, 5) is 14.0. The first-order valence-electron chi connectivity index (χ1n) is 5.58. The van der Waals surface area contributed by atoms with Crippen molar-refractivity contribution in [3.8, 4) is 0 Å². The standard InChI is InChI=1S/C12H20N4O/c1-8-6-10(9(2)15-14-8)11(17)16(5)12(3,4)7-13/h6H,7,13H2,1-5H3. The monoisotopic (exact) mass is 236 g/mol. The number of amides is 1. The Morgan fingerprint density at radius 3 is 2.53 bits per heavy atom. The number of aromatic nitrogens is 2. The fourth-order valence-corrected chi connectivity index (χ4v) is 1.36. The van der Waals surface area contributed by atoms with E-state index in [-0.39, 0.29) is 11.4 Å². The lowest BCUT2D eigenvalue weighted by Crippen LogP contribution is -2.50. The van der Waals surface area contributed by atoms with Gasteiger partial charge in [0.15, 0.2) is 0 Å². The van der Waals surface area contributed by atoms with Crippen LogP contribution in [-0.2, 0) is 0 Å². The lowest BCUT2D eigenvalue weighted by molar-refractivity contribution is 0.0638. The molecule has 1 aromatic rings. The molecule has 5 nitrogen and oxygen atoms in total. The molecule has 0 atom stereocenters. The van der Waals surface area contributed by atoms with Crippen molar-refractivity contribution in [1.82, 2.24) is 15.1 Å². The Morgan fingerprint density at radius 2 is 2.00 bits per heavy atom. The molecule has 1 heterocycles. The van der Waals surface area contributed by atoms with Crippen molar-refractivity contribution in [1.29, 1.82) is 0 Å². The molecule has 0 saturated carbocycles. The number of nitrogens with two attached hydrogens (primary N) is 1. The van der Waals surface area contributed by atoms with Gasteiger partial charge in [-0.25, -0.2) is 0 Å². The van der Waals surface area contributed by atoms with E-state index in [1.54, 1.807) is 24.9 Å². The first-order chi connectivity index (χ1) is 7.79. The summed E-state index contributed by atoms with van der Waals surface area (Å²) in [5.41, 5.74) is 7.25. The average molecular weight is 236 g/mol. The molecular formula is C12H20N4O. The number of carbonyl (C=O) groups excluding carboxylic acids is 1. The highest BCUT2D eigenvalue weighted by molar-refractivity contribution is 5.95. The Labute approximate surface area is 102 Å². The van der Waals surface area contributed by atoms with E-state index in [0.717, 1.165) is 5.69 Å². The topological polar surface area (TPSA) is 72.1 Å². The van der Waals surface area contributed by atoms with Crippen molar-refractivity contribution in [3.05, 3.63) is 23.0 Å². The fraction of sp³-hybridized carbons (Fsp3) is 0.583. The minimum atomic E-state index is -0.374. The summed E-state index contributed by atoms with van der Waals surface area (Å²) in [5.74, 6) is -0.0732. The maximum Gasteiger partial charge on any atom is 0.256 e. The Bertz CT molecular complexity index is 429. The molecule has 94 valence electrons. The molecule has 1 amide bonds. The van der Waals surface area contributed by atoms with Crippen molar-refractivity contribution < 1.29 is 4.79 Å². The van der Waals surface area contributed by atoms with Crippen LogP contribution in [0, 0.1) is 13.8 Å². The van der Waals surface area contributed by atoms with Crippen LogP contribution in [0.15, 0.2) is 6.07 Å². The van der Waals surface area contributed by atoms with Gasteiger partial charge in [-0.15, -0.1) is 0 Å². The zero-order chi connectivity index (χ0) is 13.2. The van der Waals surface area contributed by atoms with Gasteiger partial charge in [-0.3, -0.25) is 4.79 Å². The van der Waals surface area contributed by atoms with E-state index >= 15 is 0 Å². The smallest absolute Gasteiger partial charge is 0.256 e. The maximum atomic E-state index is 12.3. The highest BCUT2D eigenvalue weighted by Crippen LogP contribution is 2.16. The number of likely N-dealkylation sites (N-methyl/N-ethyl adjacent to an activating group) is 1. The fourth-order valence-electron chi connectivity index (χ4n) is 1.36. The zero-order valence-corrected chi connectivity index (χ0v) is 11.1. The van der Waals surface area contributed by atoms with E-state index in [0.29, 0.717) is 17.8 Å². The van der Waals surface area contributed by atoms with Crippen LogP contribution in [0.3, 0.4) is 0 Å². The summed E-state index contributed by atoms with van der Waals surface area (Å²) >= 11 is 0. The Kier molecular flexibility index (Phi) is 3.83. The molecule has 0 aromatic carbocycles. The van der Waals surface area contributed by atoms with Crippen molar-refractivity contribution >= 4 is 5.91 Å². The molecule has 0 fully saturated rings. The van der Waals surface area contributed by atoms with Crippen molar-refractivity contribution in [2.75, 3.05) is 13.6 Å². The Morgan fingerprint density at radius 1 is 1.41 bits per heavy atom. The van der Waals surface area contributed by atoms with Crippen molar-refractivity contribution in [3.63, 3.8) is 0 Å². The van der Waals surface area contributed by atoms with Gasteiger partial charge in [0.25, 0.3) is 5.91 Å². The van der Waals surface area contributed by atoms with Crippen LogP contribution in [0.2, 0.25) is 0 Å². The molecule has 0 bridgehead atoms. The van der Waals surface area contributed by atoms with E-state index in [1.807, 2.05) is 20.8 Å². The quantitative estimate of drug-likeness (QED) is 0.846. The predicted octanol–water partition coefficient (Wildman–Crippen LogP) is 0.903. The number of rotatable bonds is 3. The van der Waals surface area contributed by atoms with Crippen LogP contribution in [0.5, 0.6) is 0 Å². The van der Waals surface area contributed by atoms with Crippen LogP contribution < -0.4 is 5.73 Å². The summed E-state index contributed by atoms with van der Waals surface area (Å²) in [6.07, 6.45) is 0. The van der Waals surface area contributed by atoms with Gasteiger partial charge in [-0.05, 0) is 33.8 Å².